The number of aromatic nitrogens is 2. The molecular formula is C16H28N4O. The number of nitrogens with zero attached hydrogens (tertiary/aromatic N) is 3. The highest BCUT2D eigenvalue weighted by Crippen LogP contribution is 2.24. The highest BCUT2D eigenvalue weighted by atomic mass is 16.5. The summed E-state index contributed by atoms with van der Waals surface area (Å²) < 4.78 is 5.82. The Hall–Kier alpha value is -1.36. The van der Waals surface area contributed by atoms with Crippen LogP contribution >= 0.6 is 0 Å². The van der Waals surface area contributed by atoms with Crippen molar-refractivity contribution in [2.75, 3.05) is 37.5 Å². The molecule has 1 unspecified atom stereocenters. The lowest BCUT2D eigenvalue weighted by atomic mass is 9.96. The van der Waals surface area contributed by atoms with E-state index in [1.165, 1.54) is 12.8 Å². The van der Waals surface area contributed by atoms with Crippen LogP contribution in [-0.4, -0.2) is 43.3 Å². The van der Waals surface area contributed by atoms with Crippen LogP contribution in [0.2, 0.25) is 0 Å². The number of hydrogen-bond donors (Lipinski definition) is 1. The Bertz CT molecular complexity index is 464. The Morgan fingerprint density at radius 3 is 2.67 bits per heavy atom. The van der Waals surface area contributed by atoms with E-state index in [2.05, 4.69) is 43.0 Å². The molecule has 118 valence electrons. The molecule has 1 atom stereocenters. The molecule has 1 saturated heterocycles. The maximum atomic E-state index is 5.82. The highest BCUT2D eigenvalue weighted by Gasteiger charge is 2.21. The van der Waals surface area contributed by atoms with E-state index in [1.54, 1.807) is 0 Å². The van der Waals surface area contributed by atoms with E-state index in [1.807, 2.05) is 13.1 Å². The summed E-state index contributed by atoms with van der Waals surface area (Å²) in [5.41, 5.74) is -0.0657. The van der Waals surface area contributed by atoms with E-state index in [9.17, 15) is 0 Å². The van der Waals surface area contributed by atoms with Crippen molar-refractivity contribution in [2.24, 2.45) is 0 Å². The van der Waals surface area contributed by atoms with Crippen LogP contribution in [-0.2, 0) is 10.2 Å². The quantitative estimate of drug-likeness (QED) is 0.925. The first kappa shape index (κ1) is 16.0. The number of nitrogens with one attached hydrogen (secondary N) is 1. The molecule has 0 radical (unpaired) electrons. The van der Waals surface area contributed by atoms with Gasteiger partial charge in [0.15, 0.2) is 0 Å². The van der Waals surface area contributed by atoms with Crippen molar-refractivity contribution in [3.05, 3.63) is 11.9 Å². The minimum Gasteiger partial charge on any atom is -0.376 e. The topological polar surface area (TPSA) is 50.3 Å². The van der Waals surface area contributed by atoms with Crippen LogP contribution in [0, 0.1) is 0 Å². The Balaban J connectivity index is 2.17. The van der Waals surface area contributed by atoms with E-state index in [0.29, 0.717) is 6.10 Å². The average molecular weight is 292 g/mol. The molecule has 0 saturated carbocycles. The lowest BCUT2D eigenvalue weighted by Crippen LogP contribution is -2.34. The van der Waals surface area contributed by atoms with Crippen molar-refractivity contribution in [3.8, 4) is 0 Å². The van der Waals surface area contributed by atoms with E-state index in [0.717, 1.165) is 37.0 Å². The van der Waals surface area contributed by atoms with Gasteiger partial charge in [0.2, 0.25) is 0 Å². The lowest BCUT2D eigenvalue weighted by Gasteiger charge is -2.29. The number of rotatable bonds is 4. The van der Waals surface area contributed by atoms with Gasteiger partial charge < -0.3 is 15.0 Å². The maximum Gasteiger partial charge on any atom is 0.138 e. The minimum absolute atomic E-state index is 0.0657. The van der Waals surface area contributed by atoms with Gasteiger partial charge in [-0.05, 0) is 19.3 Å². The molecule has 5 nitrogen and oxygen atoms in total. The molecule has 1 aliphatic heterocycles. The zero-order valence-corrected chi connectivity index (χ0v) is 13.9. The summed E-state index contributed by atoms with van der Waals surface area (Å²) >= 11 is 0. The number of ether oxygens (including phenoxy) is 1. The summed E-state index contributed by atoms with van der Waals surface area (Å²) in [7, 11) is 3.97. The van der Waals surface area contributed by atoms with Crippen LogP contribution in [0.1, 0.15) is 45.9 Å². The number of likely N-dealkylation sites (N-methyl/N-ethyl adjacent to an activating group) is 1. The summed E-state index contributed by atoms with van der Waals surface area (Å²) in [6.45, 7) is 8.17. The van der Waals surface area contributed by atoms with Gasteiger partial charge in [-0.1, -0.05) is 20.8 Å². The van der Waals surface area contributed by atoms with Gasteiger partial charge >= 0.3 is 0 Å². The van der Waals surface area contributed by atoms with Gasteiger partial charge in [0.25, 0.3) is 0 Å². The van der Waals surface area contributed by atoms with Crippen molar-refractivity contribution in [1.82, 2.24) is 9.97 Å². The predicted molar refractivity (Wildman–Crippen MR) is 87.1 cm³/mol. The minimum atomic E-state index is -0.0657. The maximum absolute atomic E-state index is 5.82. The van der Waals surface area contributed by atoms with E-state index in [4.69, 9.17) is 9.72 Å². The first-order valence-electron chi connectivity index (χ1n) is 7.80. The molecule has 1 aromatic heterocycles. The van der Waals surface area contributed by atoms with Gasteiger partial charge in [-0.3, -0.25) is 0 Å². The molecule has 1 fully saturated rings. The standard InChI is InChI=1S/C16H28N4O/c1-16(2,3)15-18-13(17-4)10-14(19-15)20(5)11-12-8-6-7-9-21-12/h10,12H,6-9,11H2,1-5H3,(H,17,18,19). The van der Waals surface area contributed by atoms with Crippen LogP contribution in [0.15, 0.2) is 6.07 Å². The fourth-order valence-electron chi connectivity index (χ4n) is 2.44. The van der Waals surface area contributed by atoms with E-state index < -0.39 is 0 Å². The third-order valence-electron chi connectivity index (χ3n) is 3.78. The summed E-state index contributed by atoms with van der Waals surface area (Å²) in [6, 6.07) is 2.00. The van der Waals surface area contributed by atoms with Gasteiger partial charge in [0, 0.05) is 38.7 Å². The van der Waals surface area contributed by atoms with Crippen LogP contribution in [0.3, 0.4) is 0 Å². The Morgan fingerprint density at radius 1 is 1.33 bits per heavy atom. The fourth-order valence-corrected chi connectivity index (χ4v) is 2.44. The first-order valence-corrected chi connectivity index (χ1v) is 7.80. The Labute approximate surface area is 128 Å². The van der Waals surface area contributed by atoms with Gasteiger partial charge in [-0.25, -0.2) is 9.97 Å². The first-order chi connectivity index (χ1) is 9.90. The molecular weight excluding hydrogens is 264 g/mol. The molecule has 1 N–H and O–H groups in total. The van der Waals surface area contributed by atoms with E-state index in [-0.39, 0.29) is 5.41 Å². The Kier molecular flexibility index (Phi) is 5.04. The molecule has 2 heterocycles. The van der Waals surface area contributed by atoms with Gasteiger partial charge in [0.05, 0.1) is 6.10 Å². The van der Waals surface area contributed by atoms with Crippen molar-refractivity contribution >= 4 is 11.6 Å². The fraction of sp³-hybridized carbons (Fsp3) is 0.750. The molecule has 2 rings (SSSR count). The van der Waals surface area contributed by atoms with Crippen LogP contribution in [0.25, 0.3) is 0 Å². The Morgan fingerprint density at radius 2 is 2.10 bits per heavy atom. The van der Waals surface area contributed by atoms with Crippen molar-refractivity contribution in [1.29, 1.82) is 0 Å². The second kappa shape index (κ2) is 6.60. The van der Waals surface area contributed by atoms with Crippen LogP contribution in [0.5, 0.6) is 0 Å². The molecule has 0 bridgehead atoms. The monoisotopic (exact) mass is 292 g/mol. The van der Waals surface area contributed by atoms with Gasteiger partial charge in [-0.15, -0.1) is 0 Å². The van der Waals surface area contributed by atoms with Crippen LogP contribution in [0.4, 0.5) is 11.6 Å². The second-order valence-corrected chi connectivity index (χ2v) is 6.80. The predicted octanol–water partition coefficient (Wildman–Crippen LogP) is 2.82. The molecule has 5 heteroatoms. The molecule has 0 aromatic carbocycles. The van der Waals surface area contributed by atoms with Crippen molar-refractivity contribution in [3.63, 3.8) is 0 Å². The molecule has 0 spiro atoms. The molecule has 0 aliphatic carbocycles. The number of anilines is 2. The zero-order chi connectivity index (χ0) is 15.5. The lowest BCUT2D eigenvalue weighted by molar-refractivity contribution is 0.0215. The van der Waals surface area contributed by atoms with Crippen LogP contribution < -0.4 is 10.2 Å². The third-order valence-corrected chi connectivity index (χ3v) is 3.78. The largest absolute Gasteiger partial charge is 0.376 e. The van der Waals surface area contributed by atoms with Gasteiger partial charge in [-0.2, -0.15) is 0 Å². The molecule has 0 amide bonds. The smallest absolute Gasteiger partial charge is 0.138 e. The molecule has 1 aromatic rings. The molecule has 1 aliphatic rings. The summed E-state index contributed by atoms with van der Waals surface area (Å²) in [4.78, 5) is 11.5. The average Bonchev–Trinajstić information content (AvgIpc) is 2.46. The normalized spacial score (nSPS) is 19.4. The van der Waals surface area contributed by atoms with Crippen molar-refractivity contribution in [2.45, 2.75) is 51.6 Å². The second-order valence-electron chi connectivity index (χ2n) is 6.80. The van der Waals surface area contributed by atoms with Crippen molar-refractivity contribution < 1.29 is 4.74 Å². The summed E-state index contributed by atoms with van der Waals surface area (Å²) in [6.07, 6.45) is 3.90. The SMILES string of the molecule is CNc1cc(N(C)CC2CCCCO2)nc(C(C)(C)C)n1. The summed E-state index contributed by atoms with van der Waals surface area (Å²) in [5, 5.41) is 3.13. The molecule has 21 heavy (non-hydrogen) atoms. The zero-order valence-electron chi connectivity index (χ0n) is 13.9. The third kappa shape index (κ3) is 4.30. The van der Waals surface area contributed by atoms with Gasteiger partial charge in [0.1, 0.15) is 17.5 Å². The summed E-state index contributed by atoms with van der Waals surface area (Å²) in [5.74, 6) is 2.68. The number of hydrogen-bond acceptors (Lipinski definition) is 5. The van der Waals surface area contributed by atoms with E-state index >= 15 is 0 Å². The highest BCUT2D eigenvalue weighted by molar-refractivity contribution is 5.49.